The second-order valence-electron chi connectivity index (χ2n) is 14.4. The standard InChI is InChI=1S/C52H35NO2/c1-2-12-36(13-3-1)42-30-27-38(41-19-10-15-35-14-4-5-16-40(35)41)32-47(42)53(46-20-11-23-50-52(46)45-18-7-9-22-49(45)54-50)39-28-24-34(25-29-39)37-26-31-44-43-17-6-8-21-48(43)55-51(44)33-37/h1-5,7-16,18-33H,6,17H2. The van der Waals surface area contributed by atoms with Gasteiger partial charge in [-0.3, -0.25) is 0 Å². The Morgan fingerprint density at radius 1 is 0.436 bits per heavy atom. The lowest BCUT2D eigenvalue weighted by molar-refractivity contribution is 0.595. The Hall–Kier alpha value is -7.10. The highest BCUT2D eigenvalue weighted by molar-refractivity contribution is 6.14. The molecular weight excluding hydrogens is 671 g/mol. The fourth-order valence-corrected chi connectivity index (χ4v) is 8.54. The van der Waals surface area contributed by atoms with Crippen LogP contribution in [0.15, 0.2) is 191 Å². The molecule has 0 N–H and O–H groups in total. The summed E-state index contributed by atoms with van der Waals surface area (Å²) in [5.74, 6) is 0.991. The van der Waals surface area contributed by atoms with E-state index in [2.05, 4.69) is 187 Å². The molecule has 3 heteroatoms. The van der Waals surface area contributed by atoms with E-state index in [4.69, 9.17) is 8.83 Å². The van der Waals surface area contributed by atoms with Crippen molar-refractivity contribution in [3.05, 3.63) is 193 Å². The van der Waals surface area contributed by atoms with E-state index in [0.717, 1.165) is 91.0 Å². The van der Waals surface area contributed by atoms with Crippen LogP contribution in [0.4, 0.5) is 17.1 Å². The molecule has 0 atom stereocenters. The van der Waals surface area contributed by atoms with Gasteiger partial charge in [0.05, 0.1) is 16.8 Å². The van der Waals surface area contributed by atoms with Gasteiger partial charge in [0.1, 0.15) is 22.5 Å². The van der Waals surface area contributed by atoms with Crippen LogP contribution < -0.4 is 4.90 Å². The van der Waals surface area contributed by atoms with Gasteiger partial charge in [0.15, 0.2) is 0 Å². The van der Waals surface area contributed by atoms with Gasteiger partial charge in [0.25, 0.3) is 0 Å². The highest BCUT2D eigenvalue weighted by Crippen LogP contribution is 2.48. The molecule has 0 spiro atoms. The van der Waals surface area contributed by atoms with Crippen molar-refractivity contribution >= 4 is 66.8 Å². The number of hydrogen-bond donors (Lipinski definition) is 0. The highest BCUT2D eigenvalue weighted by Gasteiger charge is 2.23. The molecule has 0 amide bonds. The van der Waals surface area contributed by atoms with E-state index in [1.807, 2.05) is 6.07 Å². The van der Waals surface area contributed by atoms with Gasteiger partial charge in [-0.05, 0) is 100.0 Å². The minimum absolute atomic E-state index is 0.857. The van der Waals surface area contributed by atoms with Gasteiger partial charge < -0.3 is 13.7 Å². The molecule has 3 nitrogen and oxygen atoms in total. The van der Waals surface area contributed by atoms with Crippen LogP contribution in [0.3, 0.4) is 0 Å². The smallest absolute Gasteiger partial charge is 0.137 e. The van der Waals surface area contributed by atoms with E-state index in [9.17, 15) is 0 Å². The van der Waals surface area contributed by atoms with Crippen LogP contribution in [0.1, 0.15) is 17.7 Å². The quantitative estimate of drug-likeness (QED) is 0.172. The van der Waals surface area contributed by atoms with Crippen molar-refractivity contribution in [3.8, 4) is 33.4 Å². The van der Waals surface area contributed by atoms with Gasteiger partial charge in [0.2, 0.25) is 0 Å². The fourth-order valence-electron chi connectivity index (χ4n) is 8.54. The molecule has 0 radical (unpaired) electrons. The first-order chi connectivity index (χ1) is 27.3. The zero-order chi connectivity index (χ0) is 36.3. The van der Waals surface area contributed by atoms with Crippen molar-refractivity contribution < 1.29 is 8.83 Å². The normalized spacial score (nSPS) is 12.5. The monoisotopic (exact) mass is 705 g/mol. The zero-order valence-corrected chi connectivity index (χ0v) is 30.1. The van der Waals surface area contributed by atoms with E-state index in [-0.39, 0.29) is 0 Å². The molecule has 0 bridgehead atoms. The van der Waals surface area contributed by atoms with Crippen LogP contribution in [0.25, 0.3) is 83.1 Å². The van der Waals surface area contributed by atoms with Gasteiger partial charge in [-0.2, -0.15) is 0 Å². The maximum absolute atomic E-state index is 6.47. The molecule has 0 aliphatic heterocycles. The molecule has 8 aromatic carbocycles. The van der Waals surface area contributed by atoms with Gasteiger partial charge in [-0.15, -0.1) is 0 Å². The van der Waals surface area contributed by atoms with Gasteiger partial charge in [-0.1, -0.05) is 140 Å². The molecule has 11 rings (SSSR count). The first kappa shape index (κ1) is 31.4. The third-order valence-electron chi connectivity index (χ3n) is 11.2. The molecular formula is C52H35NO2. The number of para-hydroxylation sites is 1. The SMILES string of the molecule is C1=Cc2oc3cc(-c4ccc(N(c5cc(-c6cccc7ccccc67)ccc5-c5ccccc5)c5cccc6oc7ccccc7c56)cc4)ccc3c2CC1. The second-order valence-corrected chi connectivity index (χ2v) is 14.4. The zero-order valence-electron chi connectivity index (χ0n) is 30.1. The van der Waals surface area contributed by atoms with Gasteiger partial charge in [-0.25, -0.2) is 0 Å². The van der Waals surface area contributed by atoms with Crippen LogP contribution in [-0.4, -0.2) is 0 Å². The molecule has 0 fully saturated rings. The van der Waals surface area contributed by atoms with Crippen LogP contribution in [0.2, 0.25) is 0 Å². The summed E-state index contributed by atoms with van der Waals surface area (Å²) in [6.07, 6.45) is 6.39. The first-order valence-electron chi connectivity index (χ1n) is 19.0. The minimum atomic E-state index is 0.857. The number of anilines is 3. The summed E-state index contributed by atoms with van der Waals surface area (Å²) in [6, 6.07) is 63.2. The summed E-state index contributed by atoms with van der Waals surface area (Å²) < 4.78 is 12.8. The minimum Gasteiger partial charge on any atom is -0.456 e. The number of allylic oxidation sites excluding steroid dienone is 1. The lowest BCUT2D eigenvalue weighted by Crippen LogP contribution is -2.12. The third kappa shape index (κ3) is 5.27. The van der Waals surface area contributed by atoms with E-state index in [0.29, 0.717) is 0 Å². The highest BCUT2D eigenvalue weighted by atomic mass is 16.3. The Morgan fingerprint density at radius 3 is 2.09 bits per heavy atom. The average molecular weight is 706 g/mol. The van der Waals surface area contributed by atoms with E-state index in [1.165, 1.54) is 27.3 Å². The number of rotatable bonds is 6. The Morgan fingerprint density at radius 2 is 1.18 bits per heavy atom. The number of furan rings is 2. The Kier molecular flexibility index (Phi) is 7.31. The predicted octanol–water partition coefficient (Wildman–Crippen LogP) is 14.9. The van der Waals surface area contributed by atoms with Crippen LogP contribution in [0, 0.1) is 0 Å². The van der Waals surface area contributed by atoms with Crippen molar-refractivity contribution in [2.75, 3.05) is 4.90 Å². The van der Waals surface area contributed by atoms with Crippen molar-refractivity contribution in [1.29, 1.82) is 0 Å². The number of benzene rings is 8. The lowest BCUT2D eigenvalue weighted by Gasteiger charge is -2.29. The largest absolute Gasteiger partial charge is 0.456 e. The third-order valence-corrected chi connectivity index (χ3v) is 11.2. The second kappa shape index (κ2) is 12.8. The predicted molar refractivity (Wildman–Crippen MR) is 229 cm³/mol. The number of hydrogen-bond acceptors (Lipinski definition) is 3. The maximum Gasteiger partial charge on any atom is 0.137 e. The summed E-state index contributed by atoms with van der Waals surface area (Å²) >= 11 is 0. The number of nitrogens with zero attached hydrogens (tertiary/aromatic N) is 1. The number of fused-ring (bicyclic) bond motifs is 7. The molecule has 2 heterocycles. The molecule has 1 aliphatic carbocycles. The van der Waals surface area contributed by atoms with Crippen LogP contribution in [-0.2, 0) is 6.42 Å². The molecule has 0 saturated carbocycles. The molecule has 2 aromatic heterocycles. The Bertz CT molecular complexity index is 3090. The summed E-state index contributed by atoms with van der Waals surface area (Å²) in [4.78, 5) is 2.42. The molecule has 260 valence electrons. The Labute approximate surface area is 319 Å². The van der Waals surface area contributed by atoms with Crippen molar-refractivity contribution in [1.82, 2.24) is 0 Å². The molecule has 0 saturated heterocycles. The summed E-state index contributed by atoms with van der Waals surface area (Å²) in [5.41, 5.74) is 14.1. The van der Waals surface area contributed by atoms with E-state index in [1.54, 1.807) is 0 Å². The Balaban J connectivity index is 1.14. The molecule has 1 aliphatic rings. The lowest BCUT2D eigenvalue weighted by atomic mass is 9.93. The van der Waals surface area contributed by atoms with Gasteiger partial charge >= 0.3 is 0 Å². The number of aryl methyl sites for hydroxylation is 1. The summed E-state index contributed by atoms with van der Waals surface area (Å²) in [6.45, 7) is 0. The van der Waals surface area contributed by atoms with Crippen LogP contribution >= 0.6 is 0 Å². The summed E-state index contributed by atoms with van der Waals surface area (Å²) in [5, 5.41) is 5.84. The molecule has 0 unspecified atom stereocenters. The van der Waals surface area contributed by atoms with Crippen molar-refractivity contribution in [3.63, 3.8) is 0 Å². The maximum atomic E-state index is 6.47. The van der Waals surface area contributed by atoms with Crippen molar-refractivity contribution in [2.24, 2.45) is 0 Å². The van der Waals surface area contributed by atoms with E-state index < -0.39 is 0 Å². The topological polar surface area (TPSA) is 29.5 Å². The average Bonchev–Trinajstić information content (AvgIpc) is 3.83. The van der Waals surface area contributed by atoms with Crippen LogP contribution in [0.5, 0.6) is 0 Å². The molecule has 55 heavy (non-hydrogen) atoms. The summed E-state index contributed by atoms with van der Waals surface area (Å²) in [7, 11) is 0. The van der Waals surface area contributed by atoms with Crippen molar-refractivity contribution in [2.45, 2.75) is 12.8 Å². The van der Waals surface area contributed by atoms with E-state index >= 15 is 0 Å². The fraction of sp³-hybridized carbons (Fsp3) is 0.0385. The van der Waals surface area contributed by atoms with Gasteiger partial charge in [0, 0.05) is 27.6 Å². The first-order valence-corrected chi connectivity index (χ1v) is 19.0. The molecule has 10 aromatic rings.